The zero-order chi connectivity index (χ0) is 20.1. The van der Waals surface area contributed by atoms with Crippen LogP contribution >= 0.6 is 0 Å². The van der Waals surface area contributed by atoms with Gasteiger partial charge in [0.15, 0.2) is 0 Å². The summed E-state index contributed by atoms with van der Waals surface area (Å²) in [6, 6.07) is 0. The number of hydrogen-bond acceptors (Lipinski definition) is 3. The molecule has 0 unspecified atom stereocenters. The van der Waals surface area contributed by atoms with Crippen molar-refractivity contribution >= 4 is 9.53 Å². The zero-order valence-electron chi connectivity index (χ0n) is 18.7. The van der Waals surface area contributed by atoms with Crippen molar-refractivity contribution < 1.29 is 13.3 Å². The number of rotatable bonds is 12. The van der Waals surface area contributed by atoms with Gasteiger partial charge in [-0.3, -0.25) is 0 Å². The van der Waals surface area contributed by atoms with Crippen LogP contribution in [0.4, 0.5) is 0 Å². The van der Waals surface area contributed by atoms with Crippen molar-refractivity contribution in [1.29, 1.82) is 0 Å². The van der Waals surface area contributed by atoms with Gasteiger partial charge in [-0.25, -0.2) is 0 Å². The highest BCUT2D eigenvalue weighted by molar-refractivity contribution is 6.36. The lowest BCUT2D eigenvalue weighted by molar-refractivity contribution is -0.00639. The summed E-state index contributed by atoms with van der Waals surface area (Å²) in [4.78, 5) is 0. The molecule has 0 fully saturated rings. The molecule has 0 aromatic rings. The minimum absolute atomic E-state index is 0.168. The first kappa shape index (κ1) is 23.9. The molecular weight excluding hydrogens is 364 g/mol. The van der Waals surface area contributed by atoms with Gasteiger partial charge in [-0.2, -0.15) is 0 Å². The number of hydrogen-bond donors (Lipinski definition) is 0. The quantitative estimate of drug-likeness (QED) is 0.254. The van der Waals surface area contributed by atoms with Crippen LogP contribution in [0.5, 0.6) is 0 Å². The Bertz CT molecular complexity index is 448. The third kappa shape index (κ3) is 9.38. The van der Waals surface area contributed by atoms with Crippen molar-refractivity contribution in [2.24, 2.45) is 0 Å². The van der Waals surface area contributed by atoms with Crippen LogP contribution in [0.3, 0.4) is 0 Å². The van der Waals surface area contributed by atoms with E-state index in [1.165, 1.54) is 64.2 Å². The molecule has 0 aromatic heterocycles. The van der Waals surface area contributed by atoms with Crippen molar-refractivity contribution in [3.63, 3.8) is 0 Å². The van der Waals surface area contributed by atoms with Crippen LogP contribution in [-0.2, 0) is 13.3 Å². The normalized spacial score (nSPS) is 19.1. The molecule has 0 N–H and O–H groups in total. The average Bonchev–Trinajstić information content (AvgIpc) is 3.10. The summed E-state index contributed by atoms with van der Waals surface area (Å²) in [5.74, 6) is 0. The van der Waals surface area contributed by atoms with Crippen molar-refractivity contribution in [2.75, 3.05) is 13.2 Å². The predicted octanol–water partition coefficient (Wildman–Crippen LogP) is 7.16. The van der Waals surface area contributed by atoms with Gasteiger partial charge in [0.2, 0.25) is 0 Å². The Balaban J connectivity index is 1.99. The lowest BCUT2D eigenvalue weighted by Gasteiger charge is -2.33. The maximum Gasteiger partial charge on any atom is 0.578 e. The van der Waals surface area contributed by atoms with Gasteiger partial charge in [0.25, 0.3) is 0 Å². The Morgan fingerprint density at radius 3 is 1.75 bits per heavy atom. The molecule has 2 aliphatic carbocycles. The lowest BCUT2D eigenvalue weighted by atomic mass is 9.89. The highest BCUT2D eigenvalue weighted by atomic mass is 28.3. The average molecular weight is 408 g/mol. The molecule has 0 saturated carbocycles. The standard InChI is InChI=1S/C24H43O3Si/c1-4-25-28(26-5-2)27-24(3,20-18-22-14-10-6-7-11-15-22)21-19-23-16-12-8-9-13-17-23/h14,16H,4-13,15,17-21H2,1-3H3. The first-order valence-electron chi connectivity index (χ1n) is 11.8. The zero-order valence-corrected chi connectivity index (χ0v) is 19.7. The molecule has 3 nitrogen and oxygen atoms in total. The van der Waals surface area contributed by atoms with Crippen LogP contribution in [0.25, 0.3) is 0 Å². The fourth-order valence-electron chi connectivity index (χ4n) is 4.23. The fraction of sp³-hybridized carbons (Fsp3) is 0.833. The fourth-order valence-corrected chi connectivity index (χ4v) is 5.51. The Morgan fingerprint density at radius 2 is 1.29 bits per heavy atom. The van der Waals surface area contributed by atoms with Gasteiger partial charge >= 0.3 is 9.53 Å². The minimum atomic E-state index is -1.66. The molecule has 4 heteroatoms. The summed E-state index contributed by atoms with van der Waals surface area (Å²) >= 11 is 0. The maximum atomic E-state index is 6.57. The summed E-state index contributed by atoms with van der Waals surface area (Å²) in [6.45, 7) is 7.65. The van der Waals surface area contributed by atoms with Crippen LogP contribution in [0.1, 0.15) is 111 Å². The van der Waals surface area contributed by atoms with E-state index in [-0.39, 0.29) is 5.60 Å². The molecule has 0 amide bonds. The molecule has 0 bridgehead atoms. The van der Waals surface area contributed by atoms with Gasteiger partial charge < -0.3 is 13.3 Å². The molecule has 1 radical (unpaired) electrons. The Hall–Kier alpha value is -0.423. The van der Waals surface area contributed by atoms with E-state index in [0.29, 0.717) is 13.2 Å². The summed E-state index contributed by atoms with van der Waals surface area (Å²) in [5.41, 5.74) is 3.11. The summed E-state index contributed by atoms with van der Waals surface area (Å²) in [5, 5.41) is 0. The Labute approximate surface area is 175 Å². The molecule has 0 heterocycles. The topological polar surface area (TPSA) is 27.7 Å². The molecule has 0 spiro atoms. The highest BCUT2D eigenvalue weighted by Gasteiger charge is 2.33. The molecule has 2 aliphatic rings. The summed E-state index contributed by atoms with van der Waals surface area (Å²) in [7, 11) is -1.66. The molecule has 0 aliphatic heterocycles. The minimum Gasteiger partial charge on any atom is -0.371 e. The summed E-state index contributed by atoms with van der Waals surface area (Å²) in [6.07, 6.45) is 22.7. The van der Waals surface area contributed by atoms with E-state index >= 15 is 0 Å². The van der Waals surface area contributed by atoms with E-state index in [1.54, 1.807) is 11.1 Å². The molecule has 0 aromatic carbocycles. The molecule has 2 rings (SSSR count). The van der Waals surface area contributed by atoms with Gasteiger partial charge in [0.05, 0.1) is 5.60 Å². The van der Waals surface area contributed by atoms with Crippen LogP contribution < -0.4 is 0 Å². The predicted molar refractivity (Wildman–Crippen MR) is 119 cm³/mol. The monoisotopic (exact) mass is 407 g/mol. The second kappa shape index (κ2) is 13.7. The van der Waals surface area contributed by atoms with Crippen molar-refractivity contribution in [3.8, 4) is 0 Å². The van der Waals surface area contributed by atoms with Crippen molar-refractivity contribution in [1.82, 2.24) is 0 Å². The number of allylic oxidation sites excluding steroid dienone is 4. The van der Waals surface area contributed by atoms with E-state index in [1.807, 2.05) is 13.8 Å². The van der Waals surface area contributed by atoms with Crippen LogP contribution in [0, 0.1) is 0 Å². The molecule has 28 heavy (non-hydrogen) atoms. The first-order valence-corrected chi connectivity index (χ1v) is 13.0. The van der Waals surface area contributed by atoms with E-state index in [2.05, 4.69) is 19.1 Å². The van der Waals surface area contributed by atoms with E-state index in [9.17, 15) is 0 Å². The van der Waals surface area contributed by atoms with E-state index in [4.69, 9.17) is 13.3 Å². The van der Waals surface area contributed by atoms with Crippen molar-refractivity contribution in [2.45, 2.75) is 116 Å². The SMILES string of the molecule is CCO[Si](OCC)OC(C)(CCC1=CCCCCC1)CCC1=CCCCCC1. The molecule has 0 atom stereocenters. The second-order valence-electron chi connectivity index (χ2n) is 8.59. The van der Waals surface area contributed by atoms with Gasteiger partial charge in [-0.1, -0.05) is 36.1 Å². The van der Waals surface area contributed by atoms with E-state index < -0.39 is 9.53 Å². The highest BCUT2D eigenvalue weighted by Crippen LogP contribution is 2.32. The maximum absolute atomic E-state index is 6.57. The Kier molecular flexibility index (Phi) is 11.7. The Morgan fingerprint density at radius 1 is 0.786 bits per heavy atom. The van der Waals surface area contributed by atoms with Gasteiger partial charge in [0, 0.05) is 13.2 Å². The van der Waals surface area contributed by atoms with Crippen molar-refractivity contribution in [3.05, 3.63) is 23.3 Å². The third-order valence-corrected chi connectivity index (χ3v) is 7.78. The molecule has 0 saturated heterocycles. The van der Waals surface area contributed by atoms with Crippen LogP contribution in [0.2, 0.25) is 0 Å². The van der Waals surface area contributed by atoms with E-state index in [0.717, 1.165) is 25.7 Å². The van der Waals surface area contributed by atoms with Gasteiger partial charge in [-0.05, 0) is 97.8 Å². The van der Waals surface area contributed by atoms with Gasteiger partial charge in [-0.15, -0.1) is 0 Å². The van der Waals surface area contributed by atoms with Gasteiger partial charge in [0.1, 0.15) is 0 Å². The summed E-state index contributed by atoms with van der Waals surface area (Å²) < 4.78 is 18.2. The smallest absolute Gasteiger partial charge is 0.371 e. The van der Waals surface area contributed by atoms with Crippen LogP contribution in [0.15, 0.2) is 23.3 Å². The lowest BCUT2D eigenvalue weighted by Crippen LogP contribution is -2.40. The second-order valence-corrected chi connectivity index (χ2v) is 9.87. The molecule has 161 valence electrons. The first-order chi connectivity index (χ1) is 13.6. The largest absolute Gasteiger partial charge is 0.578 e. The molecular formula is C24H43O3Si. The van der Waals surface area contributed by atoms with Crippen LogP contribution in [-0.4, -0.2) is 28.3 Å². The third-order valence-electron chi connectivity index (χ3n) is 6.07.